The minimum Gasteiger partial charge on any atom is -0.308 e. The number of hydrogen-bond donors (Lipinski definition) is 0. The molecule has 1 aliphatic heterocycles. The predicted octanol–water partition coefficient (Wildman–Crippen LogP) is 13.7. The normalized spacial score (nSPS) is 12.3. The van der Waals surface area contributed by atoms with E-state index in [1.807, 2.05) is 11.8 Å². The average molecular weight is 652 g/mol. The fourth-order valence-corrected chi connectivity index (χ4v) is 9.52. The monoisotopic (exact) mass is 651 g/mol. The highest BCUT2D eigenvalue weighted by Gasteiger charge is 2.23. The van der Waals surface area contributed by atoms with Gasteiger partial charge in [0.15, 0.2) is 0 Å². The molecule has 0 saturated carbocycles. The molecule has 50 heavy (non-hydrogen) atoms. The molecule has 1 aliphatic rings. The van der Waals surface area contributed by atoms with Gasteiger partial charge in [0.05, 0.1) is 11.0 Å². The summed E-state index contributed by atoms with van der Waals surface area (Å²) < 4.78 is 2.49. The van der Waals surface area contributed by atoms with E-state index in [1.165, 1.54) is 103 Å². The zero-order chi connectivity index (χ0) is 32.8. The van der Waals surface area contributed by atoms with Gasteiger partial charge in [-0.1, -0.05) is 151 Å². The van der Waals surface area contributed by atoms with E-state index >= 15 is 0 Å². The fraction of sp³-hybridized carbons (Fsp3) is 0. The molecule has 0 N–H and O–H groups in total. The van der Waals surface area contributed by atoms with Crippen molar-refractivity contribution in [1.82, 2.24) is 4.57 Å². The first-order valence-corrected chi connectivity index (χ1v) is 18.0. The third-order valence-electron chi connectivity index (χ3n) is 10.6. The Morgan fingerprint density at radius 2 is 1.00 bits per heavy atom. The lowest BCUT2D eigenvalue weighted by molar-refractivity contribution is 1.19. The zero-order valence-electron chi connectivity index (χ0n) is 27.1. The van der Waals surface area contributed by atoms with Crippen molar-refractivity contribution in [2.45, 2.75) is 9.79 Å². The Labute approximate surface area is 294 Å². The van der Waals surface area contributed by atoms with Crippen LogP contribution in [-0.4, -0.2) is 4.57 Å². The fourth-order valence-electron chi connectivity index (χ4n) is 8.39. The summed E-state index contributed by atoms with van der Waals surface area (Å²) in [7, 11) is 0. The molecule has 1 nitrogen and oxygen atoms in total. The summed E-state index contributed by atoms with van der Waals surface area (Å²) >= 11 is 1.88. The van der Waals surface area contributed by atoms with Crippen molar-refractivity contribution < 1.29 is 0 Å². The van der Waals surface area contributed by atoms with Crippen molar-refractivity contribution in [3.05, 3.63) is 176 Å². The first-order chi connectivity index (χ1) is 24.8. The van der Waals surface area contributed by atoms with Crippen molar-refractivity contribution >= 4 is 65.9 Å². The Kier molecular flexibility index (Phi) is 5.96. The maximum absolute atomic E-state index is 2.49. The van der Waals surface area contributed by atoms with Crippen molar-refractivity contribution in [3.63, 3.8) is 0 Å². The van der Waals surface area contributed by atoms with Crippen LogP contribution in [0.4, 0.5) is 0 Å². The lowest BCUT2D eigenvalue weighted by Crippen LogP contribution is -1.96. The second kappa shape index (κ2) is 10.7. The van der Waals surface area contributed by atoms with E-state index in [4.69, 9.17) is 0 Å². The molecule has 9 aromatic carbocycles. The van der Waals surface area contributed by atoms with Crippen LogP contribution in [0.25, 0.3) is 93.2 Å². The van der Waals surface area contributed by atoms with Crippen molar-refractivity contribution in [2.75, 3.05) is 0 Å². The van der Waals surface area contributed by atoms with Crippen LogP contribution in [-0.2, 0) is 0 Å². The van der Waals surface area contributed by atoms with Crippen LogP contribution in [0.5, 0.6) is 0 Å². The third-order valence-corrected chi connectivity index (χ3v) is 11.7. The topological polar surface area (TPSA) is 4.93 Å². The smallest absolute Gasteiger partial charge is 0.0620 e. The van der Waals surface area contributed by atoms with Gasteiger partial charge < -0.3 is 4.57 Å². The summed E-state index contributed by atoms with van der Waals surface area (Å²) in [5.74, 6) is 0. The molecule has 0 atom stereocenters. The molecule has 0 fully saturated rings. The van der Waals surface area contributed by atoms with Gasteiger partial charge in [-0.2, -0.15) is 0 Å². The summed E-state index contributed by atoms with van der Waals surface area (Å²) in [5, 5.41) is 10.2. The van der Waals surface area contributed by atoms with Gasteiger partial charge in [-0.15, -0.1) is 0 Å². The van der Waals surface area contributed by atoms with Gasteiger partial charge in [-0.05, 0) is 85.9 Å². The molecular weight excluding hydrogens is 623 g/mol. The second-order valence-corrected chi connectivity index (χ2v) is 14.3. The lowest BCUT2D eigenvalue weighted by Gasteiger charge is -2.21. The van der Waals surface area contributed by atoms with Gasteiger partial charge in [0.25, 0.3) is 0 Å². The summed E-state index contributed by atoms with van der Waals surface area (Å²) in [6.45, 7) is 0. The van der Waals surface area contributed by atoms with E-state index in [1.54, 1.807) is 0 Å². The highest BCUT2D eigenvalue weighted by molar-refractivity contribution is 7.99. The Hall–Kier alpha value is -6.09. The van der Waals surface area contributed by atoms with Crippen LogP contribution >= 0.6 is 11.8 Å². The summed E-state index contributed by atoms with van der Waals surface area (Å²) in [6, 6.07) is 65.0. The lowest BCUT2D eigenvalue weighted by atomic mass is 9.88. The molecule has 2 heterocycles. The maximum atomic E-state index is 2.49. The van der Waals surface area contributed by atoms with Crippen molar-refractivity contribution in [1.29, 1.82) is 0 Å². The zero-order valence-corrected chi connectivity index (χ0v) is 27.9. The number of hydrogen-bond acceptors (Lipinski definition) is 1. The molecule has 0 unspecified atom stereocenters. The standard InChI is InChI=1S/C48H29NS/c1-2-15-33(16-3-1)49-47-35-18-5-4-12-30(35)24-26-40(47)43-29-41(37-20-8-9-21-39(37)48(43)49)36-19-7-6-17-34(36)32-25-27-44-42(28-32)38-22-10-13-31-14-11-23-45(50-44)46(31)38/h1-29H. The number of rotatable bonds is 3. The highest BCUT2D eigenvalue weighted by Crippen LogP contribution is 2.50. The van der Waals surface area contributed by atoms with E-state index in [0.29, 0.717) is 0 Å². The minimum absolute atomic E-state index is 1.17. The average Bonchev–Trinajstić information content (AvgIpc) is 3.53. The van der Waals surface area contributed by atoms with Gasteiger partial charge in [-0.25, -0.2) is 0 Å². The van der Waals surface area contributed by atoms with Crippen molar-refractivity contribution in [3.8, 4) is 39.1 Å². The van der Waals surface area contributed by atoms with Crippen LogP contribution in [0.15, 0.2) is 186 Å². The molecule has 10 aromatic rings. The first kappa shape index (κ1) is 27.8. The molecule has 0 amide bonds. The molecule has 2 heteroatoms. The van der Waals surface area contributed by atoms with Crippen LogP contribution in [0.3, 0.4) is 0 Å². The summed E-state index contributed by atoms with van der Waals surface area (Å²) in [5.41, 5.74) is 11.3. The molecule has 0 spiro atoms. The van der Waals surface area contributed by atoms with Gasteiger partial charge in [0.2, 0.25) is 0 Å². The molecular formula is C48H29NS. The van der Waals surface area contributed by atoms with Crippen LogP contribution in [0.1, 0.15) is 0 Å². The Bertz CT molecular complexity index is 3000. The maximum Gasteiger partial charge on any atom is 0.0620 e. The summed E-state index contributed by atoms with van der Waals surface area (Å²) in [4.78, 5) is 2.64. The Balaban J connectivity index is 1.20. The van der Waals surface area contributed by atoms with E-state index in [2.05, 4.69) is 180 Å². The SMILES string of the molecule is c1ccc(-n2c3c4ccccc4ccc3c3cc(-c4ccccc4-c4ccc5c(c4)-c4cccc6cccc(c46)S5)c4ccccc4c32)cc1. The number of aromatic nitrogens is 1. The number of nitrogens with zero attached hydrogens (tertiary/aromatic N) is 1. The molecule has 0 saturated heterocycles. The second-order valence-electron chi connectivity index (χ2n) is 13.2. The van der Waals surface area contributed by atoms with Crippen LogP contribution < -0.4 is 0 Å². The quantitative estimate of drug-likeness (QED) is 0.184. The largest absolute Gasteiger partial charge is 0.308 e. The van der Waals surface area contributed by atoms with Gasteiger partial charge >= 0.3 is 0 Å². The highest BCUT2D eigenvalue weighted by atomic mass is 32.2. The molecule has 11 rings (SSSR count). The van der Waals surface area contributed by atoms with Crippen LogP contribution in [0, 0.1) is 0 Å². The number of para-hydroxylation sites is 1. The van der Waals surface area contributed by atoms with Crippen molar-refractivity contribution in [2.24, 2.45) is 0 Å². The number of fused-ring (bicyclic) bond motifs is 9. The molecule has 0 bridgehead atoms. The van der Waals surface area contributed by atoms with E-state index in [9.17, 15) is 0 Å². The van der Waals surface area contributed by atoms with E-state index in [-0.39, 0.29) is 0 Å². The summed E-state index contributed by atoms with van der Waals surface area (Å²) in [6.07, 6.45) is 0. The molecule has 232 valence electrons. The first-order valence-electron chi connectivity index (χ1n) is 17.2. The van der Waals surface area contributed by atoms with Crippen LogP contribution in [0.2, 0.25) is 0 Å². The van der Waals surface area contributed by atoms with Gasteiger partial charge in [0.1, 0.15) is 0 Å². The van der Waals surface area contributed by atoms with Gasteiger partial charge in [0, 0.05) is 42.4 Å². The predicted molar refractivity (Wildman–Crippen MR) is 214 cm³/mol. The number of benzene rings is 9. The Morgan fingerprint density at radius 1 is 0.340 bits per heavy atom. The molecule has 0 aliphatic carbocycles. The van der Waals surface area contributed by atoms with E-state index in [0.717, 1.165) is 0 Å². The molecule has 1 aromatic heterocycles. The third kappa shape index (κ3) is 3.97. The minimum atomic E-state index is 1.17. The van der Waals surface area contributed by atoms with Gasteiger partial charge in [-0.3, -0.25) is 0 Å². The molecule has 0 radical (unpaired) electrons. The Morgan fingerprint density at radius 3 is 1.88 bits per heavy atom. The van der Waals surface area contributed by atoms with E-state index < -0.39 is 0 Å².